The van der Waals surface area contributed by atoms with Crippen LogP contribution in [-0.2, 0) is 9.47 Å². The molecule has 0 saturated heterocycles. The van der Waals surface area contributed by atoms with Crippen LogP contribution in [0.5, 0.6) is 0 Å². The second-order valence-corrected chi connectivity index (χ2v) is 7.11. The molecule has 0 N–H and O–H groups in total. The summed E-state index contributed by atoms with van der Waals surface area (Å²) in [7, 11) is 3.44. The van der Waals surface area contributed by atoms with E-state index in [1.807, 2.05) is 0 Å². The minimum absolute atomic E-state index is 0.00473. The van der Waals surface area contributed by atoms with Crippen molar-refractivity contribution in [2.45, 2.75) is 96.2 Å². The van der Waals surface area contributed by atoms with Crippen molar-refractivity contribution in [3.05, 3.63) is 12.2 Å². The van der Waals surface area contributed by atoms with Crippen LogP contribution < -0.4 is 0 Å². The number of methoxy groups -OCH3 is 2. The van der Waals surface area contributed by atoms with Gasteiger partial charge in [0, 0.05) is 19.5 Å². The molecule has 0 radical (unpaired) electrons. The zero-order chi connectivity index (χ0) is 17.0. The van der Waals surface area contributed by atoms with Crippen molar-refractivity contribution < 1.29 is 9.47 Å². The summed E-state index contributed by atoms with van der Waals surface area (Å²) in [6, 6.07) is 0. The molecule has 23 heavy (non-hydrogen) atoms. The quantitative estimate of drug-likeness (QED) is 0.108. The number of rotatable bonds is 18. The number of alkyl halides is 1. The van der Waals surface area contributed by atoms with E-state index in [0.717, 1.165) is 11.8 Å². The summed E-state index contributed by atoms with van der Waals surface area (Å²) >= 11 is 3.44. The monoisotopic (exact) mass is 390 g/mol. The Morgan fingerprint density at radius 1 is 0.652 bits per heavy atom. The van der Waals surface area contributed by atoms with E-state index >= 15 is 0 Å². The lowest BCUT2D eigenvalue weighted by atomic mass is 10.0. The third-order valence-electron chi connectivity index (χ3n) is 4.28. The predicted molar refractivity (Wildman–Crippen MR) is 105 cm³/mol. The molecule has 0 heterocycles. The Morgan fingerprint density at radius 3 is 1.57 bits per heavy atom. The Kier molecular flexibility index (Phi) is 20.3. The smallest absolute Gasteiger partial charge is 0.156 e. The van der Waals surface area contributed by atoms with Gasteiger partial charge in [0.15, 0.2) is 6.29 Å². The summed E-state index contributed by atoms with van der Waals surface area (Å²) < 4.78 is 10.4. The van der Waals surface area contributed by atoms with Gasteiger partial charge >= 0.3 is 0 Å². The van der Waals surface area contributed by atoms with Gasteiger partial charge in [-0.25, -0.2) is 0 Å². The molecule has 0 atom stereocenters. The van der Waals surface area contributed by atoms with Gasteiger partial charge in [0.2, 0.25) is 0 Å². The average Bonchev–Trinajstić information content (AvgIpc) is 2.58. The van der Waals surface area contributed by atoms with E-state index in [4.69, 9.17) is 9.47 Å². The molecule has 0 aliphatic heterocycles. The second kappa shape index (κ2) is 20.2. The van der Waals surface area contributed by atoms with Crippen molar-refractivity contribution >= 4 is 15.9 Å². The van der Waals surface area contributed by atoms with Crippen LogP contribution in [-0.4, -0.2) is 25.8 Å². The van der Waals surface area contributed by atoms with Crippen LogP contribution in [0.15, 0.2) is 12.2 Å². The zero-order valence-corrected chi connectivity index (χ0v) is 17.1. The van der Waals surface area contributed by atoms with Crippen molar-refractivity contribution in [1.29, 1.82) is 0 Å². The van der Waals surface area contributed by atoms with Crippen molar-refractivity contribution in [2.75, 3.05) is 19.5 Å². The maximum atomic E-state index is 5.20. The Hall–Kier alpha value is 0.140. The first kappa shape index (κ1) is 23.1. The van der Waals surface area contributed by atoms with Gasteiger partial charge in [0.25, 0.3) is 0 Å². The molecule has 0 amide bonds. The normalized spacial score (nSPS) is 11.8. The maximum Gasteiger partial charge on any atom is 0.156 e. The van der Waals surface area contributed by atoms with E-state index in [1.165, 1.54) is 83.5 Å². The highest BCUT2D eigenvalue weighted by Crippen LogP contribution is 2.13. The molecule has 0 aromatic rings. The highest BCUT2D eigenvalue weighted by molar-refractivity contribution is 9.09. The Bertz CT molecular complexity index is 240. The molecule has 0 rings (SSSR count). The van der Waals surface area contributed by atoms with Crippen LogP contribution in [0.25, 0.3) is 0 Å². The van der Waals surface area contributed by atoms with Crippen LogP contribution >= 0.6 is 15.9 Å². The SMILES string of the molecule is COC(CCCCCCCCCCCCC/C=C/CCBr)OC. The number of allylic oxidation sites excluding steroid dienone is 2. The molecule has 2 nitrogen and oxygen atoms in total. The number of hydrogen-bond donors (Lipinski definition) is 0. The first-order valence-electron chi connectivity index (χ1n) is 9.61. The topological polar surface area (TPSA) is 18.5 Å². The minimum Gasteiger partial charge on any atom is -0.356 e. The Morgan fingerprint density at radius 2 is 1.09 bits per heavy atom. The molecule has 138 valence electrons. The zero-order valence-electron chi connectivity index (χ0n) is 15.5. The lowest BCUT2D eigenvalue weighted by Gasteiger charge is -2.12. The summed E-state index contributed by atoms with van der Waals surface area (Å²) in [6.45, 7) is 0. The molecule has 0 fully saturated rings. The largest absolute Gasteiger partial charge is 0.356 e. The number of hydrogen-bond acceptors (Lipinski definition) is 2. The van der Waals surface area contributed by atoms with E-state index in [9.17, 15) is 0 Å². The van der Waals surface area contributed by atoms with Crippen LogP contribution in [0.2, 0.25) is 0 Å². The summed E-state index contributed by atoms with van der Waals surface area (Å²) in [5, 5.41) is 1.09. The van der Waals surface area contributed by atoms with E-state index in [0.29, 0.717) is 0 Å². The molecular formula is C20H39BrO2. The first-order valence-corrected chi connectivity index (χ1v) is 10.7. The van der Waals surface area contributed by atoms with Gasteiger partial charge in [0.1, 0.15) is 0 Å². The Labute approximate surface area is 153 Å². The third kappa shape index (κ3) is 18.3. The van der Waals surface area contributed by atoms with Gasteiger partial charge in [-0.05, 0) is 32.1 Å². The average molecular weight is 391 g/mol. The molecule has 0 aliphatic rings. The molecule has 0 unspecified atom stereocenters. The molecular weight excluding hydrogens is 352 g/mol. The molecule has 0 saturated carbocycles. The van der Waals surface area contributed by atoms with E-state index in [2.05, 4.69) is 28.1 Å². The summed E-state index contributed by atoms with van der Waals surface area (Å²) in [5.41, 5.74) is 0. The first-order chi connectivity index (χ1) is 11.3. The summed E-state index contributed by atoms with van der Waals surface area (Å²) in [6.07, 6.45) is 23.2. The van der Waals surface area contributed by atoms with Crippen LogP contribution in [0.1, 0.15) is 89.9 Å². The number of ether oxygens (including phenoxy) is 2. The highest BCUT2D eigenvalue weighted by Gasteiger charge is 2.03. The van der Waals surface area contributed by atoms with E-state index in [1.54, 1.807) is 14.2 Å². The van der Waals surface area contributed by atoms with Crippen LogP contribution in [0, 0.1) is 0 Å². The molecule has 0 bridgehead atoms. The van der Waals surface area contributed by atoms with Gasteiger partial charge in [-0.2, -0.15) is 0 Å². The van der Waals surface area contributed by atoms with Crippen LogP contribution in [0.4, 0.5) is 0 Å². The van der Waals surface area contributed by atoms with Gasteiger partial charge in [0.05, 0.1) is 0 Å². The summed E-state index contributed by atoms with van der Waals surface area (Å²) in [5.74, 6) is 0. The lowest BCUT2D eigenvalue weighted by Crippen LogP contribution is -2.12. The van der Waals surface area contributed by atoms with E-state index < -0.39 is 0 Å². The standard InChI is InChI=1S/C20H39BrO2/c1-22-20(23-2)18-16-14-12-10-8-6-4-3-5-7-9-11-13-15-17-19-21/h13,15,20H,3-12,14,16-19H2,1-2H3/b15-13+. The summed E-state index contributed by atoms with van der Waals surface area (Å²) in [4.78, 5) is 0. The highest BCUT2D eigenvalue weighted by atomic mass is 79.9. The van der Waals surface area contributed by atoms with Gasteiger partial charge < -0.3 is 9.47 Å². The van der Waals surface area contributed by atoms with Crippen LogP contribution in [0.3, 0.4) is 0 Å². The van der Waals surface area contributed by atoms with Crippen molar-refractivity contribution in [3.63, 3.8) is 0 Å². The minimum atomic E-state index is -0.00473. The third-order valence-corrected chi connectivity index (χ3v) is 4.74. The fraction of sp³-hybridized carbons (Fsp3) is 0.900. The second-order valence-electron chi connectivity index (χ2n) is 6.32. The Balaban J connectivity index is 3.08. The maximum absolute atomic E-state index is 5.20. The fourth-order valence-corrected chi connectivity index (χ4v) is 3.06. The lowest BCUT2D eigenvalue weighted by molar-refractivity contribution is -0.107. The number of halogens is 1. The number of unbranched alkanes of at least 4 members (excludes halogenated alkanes) is 11. The predicted octanol–water partition coefficient (Wildman–Crippen LogP) is 7.02. The van der Waals surface area contributed by atoms with Crippen molar-refractivity contribution in [3.8, 4) is 0 Å². The van der Waals surface area contributed by atoms with Gasteiger partial charge in [-0.3, -0.25) is 0 Å². The van der Waals surface area contributed by atoms with E-state index in [-0.39, 0.29) is 6.29 Å². The molecule has 0 spiro atoms. The fourth-order valence-electron chi connectivity index (χ4n) is 2.79. The molecule has 3 heteroatoms. The van der Waals surface area contributed by atoms with Crippen molar-refractivity contribution in [1.82, 2.24) is 0 Å². The van der Waals surface area contributed by atoms with Gasteiger partial charge in [-0.1, -0.05) is 85.9 Å². The molecule has 0 aromatic heterocycles. The molecule has 0 aromatic carbocycles. The van der Waals surface area contributed by atoms with Crippen molar-refractivity contribution in [2.24, 2.45) is 0 Å². The molecule has 0 aliphatic carbocycles. The van der Waals surface area contributed by atoms with Gasteiger partial charge in [-0.15, -0.1) is 0 Å².